The van der Waals surface area contributed by atoms with E-state index in [4.69, 9.17) is 0 Å². The number of halogens is 1. The Balaban J connectivity index is 2.07. The van der Waals surface area contributed by atoms with Gasteiger partial charge in [-0.05, 0) is 28.1 Å². The predicted molar refractivity (Wildman–Crippen MR) is 90.6 cm³/mol. The van der Waals surface area contributed by atoms with Crippen LogP contribution in [-0.2, 0) is 6.54 Å². The second kappa shape index (κ2) is 5.84. The highest BCUT2D eigenvalue weighted by atomic mass is 79.9. The fraction of sp³-hybridized carbons (Fsp3) is 0.125. The minimum Gasteiger partial charge on any atom is -0.368 e. The van der Waals surface area contributed by atoms with Gasteiger partial charge in [0.15, 0.2) is 0 Å². The molecule has 0 bridgehead atoms. The van der Waals surface area contributed by atoms with Gasteiger partial charge in [0.1, 0.15) is 6.07 Å². The molecule has 0 aliphatic carbocycles. The van der Waals surface area contributed by atoms with Crippen LogP contribution in [0, 0.1) is 11.3 Å². The molecule has 0 N–H and O–H groups in total. The Labute approximate surface area is 135 Å². The molecule has 104 valence electrons. The Bertz CT molecular complexity index is 835. The first-order valence-corrected chi connectivity index (χ1v) is 8.08. The SMILES string of the molecule is CN(Cc1cc(Br)cs1)c1c(C#N)cnc2ccccc12. The van der Waals surface area contributed by atoms with E-state index in [9.17, 15) is 5.26 Å². The Morgan fingerprint density at radius 2 is 2.19 bits per heavy atom. The van der Waals surface area contributed by atoms with Crippen LogP contribution in [0.5, 0.6) is 0 Å². The van der Waals surface area contributed by atoms with Crippen molar-refractivity contribution in [3.8, 4) is 6.07 Å². The highest BCUT2D eigenvalue weighted by Crippen LogP contribution is 2.30. The van der Waals surface area contributed by atoms with E-state index in [0.717, 1.165) is 27.6 Å². The van der Waals surface area contributed by atoms with E-state index < -0.39 is 0 Å². The van der Waals surface area contributed by atoms with Gasteiger partial charge in [-0.2, -0.15) is 5.26 Å². The van der Waals surface area contributed by atoms with Crippen LogP contribution in [0.15, 0.2) is 46.4 Å². The van der Waals surface area contributed by atoms with E-state index in [1.807, 2.05) is 31.3 Å². The van der Waals surface area contributed by atoms with Crippen molar-refractivity contribution in [2.24, 2.45) is 0 Å². The number of benzene rings is 1. The fourth-order valence-corrected chi connectivity index (χ4v) is 3.87. The van der Waals surface area contributed by atoms with E-state index in [1.54, 1.807) is 17.5 Å². The van der Waals surface area contributed by atoms with Gasteiger partial charge in [0, 0.05) is 33.4 Å². The Morgan fingerprint density at radius 1 is 1.38 bits per heavy atom. The van der Waals surface area contributed by atoms with Gasteiger partial charge in [0.05, 0.1) is 23.3 Å². The zero-order chi connectivity index (χ0) is 14.8. The van der Waals surface area contributed by atoms with Crippen LogP contribution in [0.4, 0.5) is 5.69 Å². The van der Waals surface area contributed by atoms with E-state index in [1.165, 1.54) is 4.88 Å². The first-order chi connectivity index (χ1) is 10.2. The highest BCUT2D eigenvalue weighted by molar-refractivity contribution is 9.10. The van der Waals surface area contributed by atoms with Gasteiger partial charge in [-0.1, -0.05) is 18.2 Å². The summed E-state index contributed by atoms with van der Waals surface area (Å²) in [5.74, 6) is 0. The van der Waals surface area contributed by atoms with Crippen molar-refractivity contribution in [3.05, 3.63) is 56.8 Å². The van der Waals surface area contributed by atoms with Crippen LogP contribution < -0.4 is 4.90 Å². The highest BCUT2D eigenvalue weighted by Gasteiger charge is 2.13. The molecular weight excluding hydrogens is 346 g/mol. The molecule has 0 saturated carbocycles. The van der Waals surface area contributed by atoms with Gasteiger partial charge < -0.3 is 4.90 Å². The topological polar surface area (TPSA) is 39.9 Å². The average molecular weight is 358 g/mol. The second-order valence-electron chi connectivity index (χ2n) is 4.74. The van der Waals surface area contributed by atoms with E-state index in [2.05, 4.69) is 43.3 Å². The van der Waals surface area contributed by atoms with Gasteiger partial charge in [-0.3, -0.25) is 4.98 Å². The van der Waals surface area contributed by atoms with Crippen molar-refractivity contribution in [1.29, 1.82) is 5.26 Å². The smallest absolute Gasteiger partial charge is 0.103 e. The maximum atomic E-state index is 9.38. The van der Waals surface area contributed by atoms with Gasteiger partial charge in [0.25, 0.3) is 0 Å². The van der Waals surface area contributed by atoms with Crippen molar-refractivity contribution < 1.29 is 0 Å². The molecule has 3 aromatic rings. The van der Waals surface area contributed by atoms with E-state index in [0.29, 0.717) is 5.56 Å². The number of thiophene rings is 1. The lowest BCUT2D eigenvalue weighted by Crippen LogP contribution is -2.17. The zero-order valence-corrected chi connectivity index (χ0v) is 13.8. The van der Waals surface area contributed by atoms with Gasteiger partial charge in [-0.25, -0.2) is 0 Å². The number of aromatic nitrogens is 1. The monoisotopic (exact) mass is 357 g/mol. The maximum Gasteiger partial charge on any atom is 0.103 e. The molecule has 0 amide bonds. The summed E-state index contributed by atoms with van der Waals surface area (Å²) in [6.45, 7) is 0.763. The number of nitriles is 1. The lowest BCUT2D eigenvalue weighted by Gasteiger charge is -2.21. The summed E-state index contributed by atoms with van der Waals surface area (Å²) < 4.78 is 1.09. The largest absolute Gasteiger partial charge is 0.368 e. The molecule has 0 unspecified atom stereocenters. The summed E-state index contributed by atoms with van der Waals surface area (Å²) in [6.07, 6.45) is 1.65. The molecule has 1 aromatic carbocycles. The summed E-state index contributed by atoms with van der Waals surface area (Å²) in [5, 5.41) is 12.5. The summed E-state index contributed by atoms with van der Waals surface area (Å²) in [7, 11) is 2.01. The molecule has 21 heavy (non-hydrogen) atoms. The van der Waals surface area contributed by atoms with Gasteiger partial charge >= 0.3 is 0 Å². The number of rotatable bonds is 3. The Kier molecular flexibility index (Phi) is 3.91. The van der Waals surface area contributed by atoms with Gasteiger partial charge in [-0.15, -0.1) is 11.3 Å². The molecule has 0 spiro atoms. The third-order valence-corrected chi connectivity index (χ3v) is 4.95. The molecule has 0 atom stereocenters. The summed E-state index contributed by atoms with van der Waals surface area (Å²) >= 11 is 5.18. The Morgan fingerprint density at radius 3 is 2.90 bits per heavy atom. The second-order valence-corrected chi connectivity index (χ2v) is 6.65. The number of pyridine rings is 1. The molecular formula is C16H12BrN3S. The molecule has 3 nitrogen and oxygen atoms in total. The molecule has 0 saturated heterocycles. The molecule has 0 aliphatic rings. The minimum absolute atomic E-state index is 0.604. The normalized spacial score (nSPS) is 10.5. The standard InChI is InChI=1S/C16H12BrN3S/c1-20(9-13-6-12(17)10-21-13)16-11(7-18)8-19-15-5-3-2-4-14(15)16/h2-6,8,10H,9H2,1H3. The van der Waals surface area contributed by atoms with E-state index in [-0.39, 0.29) is 0 Å². The lowest BCUT2D eigenvalue weighted by molar-refractivity contribution is 0.941. The predicted octanol–water partition coefficient (Wildman–Crippen LogP) is 4.57. The fourth-order valence-electron chi connectivity index (χ4n) is 2.37. The molecule has 3 rings (SSSR count). The molecule has 0 fully saturated rings. The van der Waals surface area contributed by atoms with Gasteiger partial charge in [0.2, 0.25) is 0 Å². The average Bonchev–Trinajstić information content (AvgIpc) is 2.90. The van der Waals surface area contributed by atoms with Crippen LogP contribution in [-0.4, -0.2) is 12.0 Å². The number of hydrogen-bond donors (Lipinski definition) is 0. The quantitative estimate of drug-likeness (QED) is 0.689. The van der Waals surface area contributed by atoms with Crippen LogP contribution in [0.1, 0.15) is 10.4 Å². The van der Waals surface area contributed by atoms with Crippen LogP contribution in [0.2, 0.25) is 0 Å². The molecule has 0 aliphatic heterocycles. The third kappa shape index (κ3) is 2.78. The first-order valence-electron chi connectivity index (χ1n) is 6.41. The molecule has 2 heterocycles. The van der Waals surface area contributed by atoms with Crippen LogP contribution in [0.3, 0.4) is 0 Å². The number of nitrogens with zero attached hydrogens (tertiary/aromatic N) is 3. The number of hydrogen-bond acceptors (Lipinski definition) is 4. The summed E-state index contributed by atoms with van der Waals surface area (Å²) in [6, 6.07) is 12.3. The van der Waals surface area contributed by atoms with Crippen molar-refractivity contribution >= 4 is 43.9 Å². The van der Waals surface area contributed by atoms with Crippen LogP contribution in [0.25, 0.3) is 10.9 Å². The number of para-hydroxylation sites is 1. The maximum absolute atomic E-state index is 9.38. The number of anilines is 1. The minimum atomic E-state index is 0.604. The zero-order valence-electron chi connectivity index (χ0n) is 11.4. The van der Waals surface area contributed by atoms with Crippen LogP contribution >= 0.6 is 27.3 Å². The van der Waals surface area contributed by atoms with Crippen molar-refractivity contribution in [2.45, 2.75) is 6.54 Å². The van der Waals surface area contributed by atoms with Crippen molar-refractivity contribution in [1.82, 2.24) is 4.98 Å². The van der Waals surface area contributed by atoms with Crippen molar-refractivity contribution in [2.75, 3.05) is 11.9 Å². The third-order valence-electron chi connectivity index (χ3n) is 3.26. The lowest BCUT2D eigenvalue weighted by atomic mass is 10.1. The molecule has 5 heteroatoms. The van der Waals surface area contributed by atoms with Crippen molar-refractivity contribution in [3.63, 3.8) is 0 Å². The summed E-state index contributed by atoms with van der Waals surface area (Å²) in [5.41, 5.74) is 2.45. The molecule has 2 aromatic heterocycles. The summed E-state index contributed by atoms with van der Waals surface area (Å²) in [4.78, 5) is 7.71. The number of fused-ring (bicyclic) bond motifs is 1. The van der Waals surface area contributed by atoms with E-state index >= 15 is 0 Å². The first kappa shape index (κ1) is 14.1. The Hall–Kier alpha value is -1.90. The molecule has 0 radical (unpaired) electrons.